The lowest BCUT2D eigenvalue weighted by Crippen LogP contribution is -2.35. The van der Waals surface area contributed by atoms with Crippen LogP contribution in [0, 0.1) is 0 Å². The first-order valence-corrected chi connectivity index (χ1v) is 5.51. The van der Waals surface area contributed by atoms with E-state index in [1.54, 1.807) is 0 Å². The molecule has 0 aromatic carbocycles. The van der Waals surface area contributed by atoms with Gasteiger partial charge in [0.15, 0.2) is 5.96 Å². The first kappa shape index (κ1) is 18.6. The van der Waals surface area contributed by atoms with Crippen molar-refractivity contribution in [2.45, 2.75) is 26.7 Å². The number of nitrogens with two attached hydrogens (primary N) is 1. The highest BCUT2D eigenvalue weighted by atomic mass is 127. The Morgan fingerprint density at radius 3 is 2.53 bits per heavy atom. The number of carbonyl (C=O) groups is 1. The van der Waals surface area contributed by atoms with Crippen molar-refractivity contribution >= 4 is 35.8 Å². The van der Waals surface area contributed by atoms with E-state index < -0.39 is 0 Å². The molecule has 4 N–H and O–H groups in total. The van der Waals surface area contributed by atoms with E-state index >= 15 is 0 Å². The van der Waals surface area contributed by atoms with Crippen LogP contribution in [0.4, 0.5) is 0 Å². The largest absolute Gasteiger partial charge is 0.370 e. The first-order chi connectivity index (χ1) is 7.56. The molecule has 0 atom stereocenters. The SMILES string of the molecule is C=C(C)CN=C(N)NCCC(=O)NCCC.I. The summed E-state index contributed by atoms with van der Waals surface area (Å²) in [5, 5.41) is 5.65. The number of amides is 1. The van der Waals surface area contributed by atoms with Gasteiger partial charge in [-0.1, -0.05) is 19.1 Å². The molecule has 0 aliphatic heterocycles. The highest BCUT2D eigenvalue weighted by molar-refractivity contribution is 14.0. The molecule has 100 valence electrons. The minimum atomic E-state index is 0. The Morgan fingerprint density at radius 2 is 2.00 bits per heavy atom. The lowest BCUT2D eigenvalue weighted by molar-refractivity contribution is -0.120. The Balaban J connectivity index is 0. The normalized spacial score (nSPS) is 10.4. The Morgan fingerprint density at radius 1 is 1.35 bits per heavy atom. The van der Waals surface area contributed by atoms with Gasteiger partial charge in [0.1, 0.15) is 0 Å². The molecule has 0 heterocycles. The fourth-order valence-corrected chi connectivity index (χ4v) is 0.933. The summed E-state index contributed by atoms with van der Waals surface area (Å²) in [6, 6.07) is 0. The molecular weight excluding hydrogens is 331 g/mol. The van der Waals surface area contributed by atoms with Gasteiger partial charge in [-0.05, 0) is 13.3 Å². The predicted molar refractivity (Wildman–Crippen MR) is 82.6 cm³/mol. The van der Waals surface area contributed by atoms with Gasteiger partial charge in [-0.3, -0.25) is 4.79 Å². The van der Waals surface area contributed by atoms with Crippen LogP contribution in [0.25, 0.3) is 0 Å². The fraction of sp³-hybridized carbons (Fsp3) is 0.636. The zero-order valence-electron chi connectivity index (χ0n) is 10.6. The molecule has 0 aromatic rings. The number of nitrogens with zero attached hydrogens (tertiary/aromatic N) is 1. The van der Waals surface area contributed by atoms with Crippen molar-refractivity contribution in [3.63, 3.8) is 0 Å². The van der Waals surface area contributed by atoms with Gasteiger partial charge >= 0.3 is 0 Å². The average Bonchev–Trinajstić information content (AvgIpc) is 2.23. The third-order valence-electron chi connectivity index (χ3n) is 1.75. The predicted octanol–water partition coefficient (Wildman–Crippen LogP) is 1.00. The summed E-state index contributed by atoms with van der Waals surface area (Å²) in [5.41, 5.74) is 6.52. The Labute approximate surface area is 120 Å². The smallest absolute Gasteiger partial charge is 0.221 e. The maximum absolute atomic E-state index is 11.2. The van der Waals surface area contributed by atoms with E-state index in [4.69, 9.17) is 5.73 Å². The van der Waals surface area contributed by atoms with Crippen LogP contribution in [-0.2, 0) is 4.79 Å². The maximum atomic E-state index is 11.2. The van der Waals surface area contributed by atoms with Gasteiger partial charge in [0.2, 0.25) is 5.91 Å². The van der Waals surface area contributed by atoms with Gasteiger partial charge < -0.3 is 16.4 Å². The van der Waals surface area contributed by atoms with E-state index in [-0.39, 0.29) is 29.9 Å². The molecule has 0 radical (unpaired) electrons. The van der Waals surface area contributed by atoms with Gasteiger partial charge in [-0.2, -0.15) is 0 Å². The van der Waals surface area contributed by atoms with E-state index in [0.29, 0.717) is 25.5 Å². The Bertz CT molecular complexity index is 266. The molecule has 6 heteroatoms. The molecule has 17 heavy (non-hydrogen) atoms. The van der Waals surface area contributed by atoms with Crippen LogP contribution in [-0.4, -0.2) is 31.5 Å². The lowest BCUT2D eigenvalue weighted by Gasteiger charge is -2.06. The number of hydrogen-bond donors (Lipinski definition) is 3. The molecule has 0 fully saturated rings. The second kappa shape index (κ2) is 11.7. The molecule has 0 aromatic heterocycles. The molecule has 5 nitrogen and oxygen atoms in total. The number of aliphatic imine (C=N–C) groups is 1. The van der Waals surface area contributed by atoms with Gasteiger partial charge in [0.05, 0.1) is 6.54 Å². The second-order valence-corrected chi connectivity index (χ2v) is 3.69. The number of halogens is 1. The summed E-state index contributed by atoms with van der Waals surface area (Å²) in [4.78, 5) is 15.2. The van der Waals surface area contributed by atoms with Gasteiger partial charge in [-0.25, -0.2) is 4.99 Å². The summed E-state index contributed by atoms with van der Waals surface area (Å²) >= 11 is 0. The van der Waals surface area contributed by atoms with Crippen LogP contribution in [0.5, 0.6) is 0 Å². The molecule has 0 bridgehead atoms. The summed E-state index contributed by atoms with van der Waals surface area (Å²) in [5.74, 6) is 0.383. The average molecular weight is 354 g/mol. The quantitative estimate of drug-likeness (QED) is 0.276. The number of guanidine groups is 1. The van der Waals surface area contributed by atoms with E-state index in [2.05, 4.69) is 22.2 Å². The molecule has 0 aliphatic carbocycles. The number of hydrogen-bond acceptors (Lipinski definition) is 2. The maximum Gasteiger partial charge on any atom is 0.221 e. The highest BCUT2D eigenvalue weighted by Gasteiger charge is 1.99. The summed E-state index contributed by atoms with van der Waals surface area (Å²) in [7, 11) is 0. The van der Waals surface area contributed by atoms with Gasteiger partial charge in [-0.15, -0.1) is 24.0 Å². The number of nitrogens with one attached hydrogen (secondary N) is 2. The van der Waals surface area contributed by atoms with E-state index in [1.165, 1.54) is 0 Å². The van der Waals surface area contributed by atoms with Crippen molar-refractivity contribution in [2.75, 3.05) is 19.6 Å². The first-order valence-electron chi connectivity index (χ1n) is 5.51. The summed E-state index contributed by atoms with van der Waals surface area (Å²) in [6.07, 6.45) is 1.35. The van der Waals surface area contributed by atoms with Crippen LogP contribution in [0.3, 0.4) is 0 Å². The fourth-order valence-electron chi connectivity index (χ4n) is 0.933. The minimum absolute atomic E-state index is 0. The Kier molecular flexibility index (Phi) is 12.8. The van der Waals surface area contributed by atoms with Crippen molar-refractivity contribution in [3.05, 3.63) is 12.2 Å². The van der Waals surface area contributed by atoms with Crippen molar-refractivity contribution in [1.29, 1.82) is 0 Å². The number of carbonyl (C=O) groups excluding carboxylic acids is 1. The van der Waals surface area contributed by atoms with Crippen LogP contribution in [0.2, 0.25) is 0 Å². The molecular formula is C11H23IN4O. The summed E-state index contributed by atoms with van der Waals surface area (Å²) < 4.78 is 0. The Hall–Kier alpha value is -0.790. The van der Waals surface area contributed by atoms with Gasteiger partial charge in [0, 0.05) is 19.5 Å². The highest BCUT2D eigenvalue weighted by Crippen LogP contribution is 1.86. The minimum Gasteiger partial charge on any atom is -0.370 e. The number of rotatable bonds is 7. The molecule has 0 rings (SSSR count). The monoisotopic (exact) mass is 354 g/mol. The van der Waals surface area contributed by atoms with Crippen LogP contribution >= 0.6 is 24.0 Å². The van der Waals surface area contributed by atoms with E-state index in [1.807, 2.05) is 13.8 Å². The third-order valence-corrected chi connectivity index (χ3v) is 1.75. The molecule has 1 amide bonds. The van der Waals surface area contributed by atoms with Crippen molar-refractivity contribution < 1.29 is 4.79 Å². The van der Waals surface area contributed by atoms with Crippen LogP contribution < -0.4 is 16.4 Å². The van der Waals surface area contributed by atoms with Gasteiger partial charge in [0.25, 0.3) is 0 Å². The lowest BCUT2D eigenvalue weighted by atomic mass is 10.3. The summed E-state index contributed by atoms with van der Waals surface area (Å²) in [6.45, 7) is 9.35. The van der Waals surface area contributed by atoms with E-state index in [9.17, 15) is 4.79 Å². The molecule has 0 saturated heterocycles. The zero-order chi connectivity index (χ0) is 12.4. The van der Waals surface area contributed by atoms with Crippen molar-refractivity contribution in [1.82, 2.24) is 10.6 Å². The van der Waals surface area contributed by atoms with Crippen molar-refractivity contribution in [3.8, 4) is 0 Å². The zero-order valence-corrected chi connectivity index (χ0v) is 12.9. The molecule has 0 unspecified atom stereocenters. The second-order valence-electron chi connectivity index (χ2n) is 3.69. The topological polar surface area (TPSA) is 79.5 Å². The van der Waals surface area contributed by atoms with Crippen LogP contribution in [0.15, 0.2) is 17.1 Å². The van der Waals surface area contributed by atoms with Crippen molar-refractivity contribution in [2.24, 2.45) is 10.7 Å². The molecule has 0 saturated carbocycles. The van der Waals surface area contributed by atoms with E-state index in [0.717, 1.165) is 18.5 Å². The van der Waals surface area contributed by atoms with Crippen LogP contribution in [0.1, 0.15) is 26.7 Å². The molecule has 0 spiro atoms. The molecule has 0 aliphatic rings. The standard InChI is InChI=1S/C11H22N4O.HI/c1-4-6-13-10(16)5-7-14-11(12)15-8-9(2)3;/h2,4-8H2,1,3H3,(H,13,16)(H3,12,14,15);1H. The third kappa shape index (κ3) is 13.1.